The van der Waals surface area contributed by atoms with Crippen LogP contribution in [0, 0.1) is 6.92 Å². The first-order valence-corrected chi connectivity index (χ1v) is 11.3. The minimum Gasteiger partial charge on any atom is -0.493 e. The van der Waals surface area contributed by atoms with E-state index in [9.17, 15) is 4.79 Å². The molecule has 3 aromatic rings. The fourth-order valence-electron chi connectivity index (χ4n) is 4.19. The van der Waals surface area contributed by atoms with Crippen LogP contribution in [0.4, 0.5) is 5.69 Å². The topological polar surface area (TPSA) is 75.8 Å². The lowest BCUT2D eigenvalue weighted by atomic mass is 10.0. The van der Waals surface area contributed by atoms with Gasteiger partial charge < -0.3 is 19.2 Å². The summed E-state index contributed by atoms with van der Waals surface area (Å²) in [6.07, 6.45) is 3.74. The molecule has 2 heterocycles. The van der Waals surface area contributed by atoms with Gasteiger partial charge in [-0.15, -0.1) is 0 Å². The molecular weight excluding hydrogens is 404 g/mol. The molecule has 0 saturated heterocycles. The largest absolute Gasteiger partial charge is 0.493 e. The van der Waals surface area contributed by atoms with Crippen LogP contribution in [0.3, 0.4) is 0 Å². The summed E-state index contributed by atoms with van der Waals surface area (Å²) in [4.78, 5) is 17.8. The van der Waals surface area contributed by atoms with Gasteiger partial charge in [-0.1, -0.05) is 25.1 Å². The molecule has 0 radical (unpaired) electrons. The molecule has 0 unspecified atom stereocenters. The van der Waals surface area contributed by atoms with Gasteiger partial charge in [0.05, 0.1) is 18.7 Å². The second-order valence-corrected chi connectivity index (χ2v) is 8.16. The van der Waals surface area contributed by atoms with Crippen molar-refractivity contribution in [1.29, 1.82) is 0 Å². The quantitative estimate of drug-likeness (QED) is 0.507. The number of nitrogens with zero attached hydrogens (tertiary/aromatic N) is 2. The molecule has 0 aliphatic carbocycles. The molecule has 0 atom stereocenters. The Bertz CT molecular complexity index is 1070. The lowest BCUT2D eigenvalue weighted by molar-refractivity contribution is -0.136. The van der Waals surface area contributed by atoms with Crippen molar-refractivity contribution >= 4 is 11.7 Å². The summed E-state index contributed by atoms with van der Waals surface area (Å²) in [5.74, 6) is 1.57. The van der Waals surface area contributed by atoms with E-state index in [1.54, 1.807) is 0 Å². The van der Waals surface area contributed by atoms with Crippen LogP contribution in [0.2, 0.25) is 0 Å². The molecule has 168 valence electrons. The minimum atomic E-state index is -0.770. The standard InChI is InChI=1S/C26H30N2O4/c1-3-19-9-11-20(12-10-19)26-27-22(18(2)32-26)14-17-31-24-8-4-7-23-21(24)6-5-15-28(23)16-13-25(29)30/h4,7-12H,3,5-6,13-17H2,1-2H3,(H,29,30). The predicted octanol–water partition coefficient (Wildman–Crippen LogP) is 5.06. The van der Waals surface area contributed by atoms with E-state index in [-0.39, 0.29) is 6.42 Å². The maximum absolute atomic E-state index is 11.0. The number of aromatic nitrogens is 1. The number of carboxylic acids is 1. The van der Waals surface area contributed by atoms with Gasteiger partial charge in [0.2, 0.25) is 5.89 Å². The Labute approximate surface area is 188 Å². The highest BCUT2D eigenvalue weighted by Gasteiger charge is 2.21. The molecule has 0 fully saturated rings. The van der Waals surface area contributed by atoms with Crippen LogP contribution in [0.15, 0.2) is 46.9 Å². The number of ether oxygens (including phenoxy) is 1. The number of anilines is 1. The van der Waals surface area contributed by atoms with Gasteiger partial charge in [0.25, 0.3) is 0 Å². The van der Waals surface area contributed by atoms with Gasteiger partial charge in [0.15, 0.2) is 0 Å². The molecule has 32 heavy (non-hydrogen) atoms. The number of aryl methyl sites for hydroxylation is 2. The molecule has 1 N–H and O–H groups in total. The molecular formula is C26H30N2O4. The first-order chi connectivity index (χ1) is 15.5. The zero-order chi connectivity index (χ0) is 22.5. The van der Waals surface area contributed by atoms with Crippen LogP contribution >= 0.6 is 0 Å². The van der Waals surface area contributed by atoms with Gasteiger partial charge in [-0.2, -0.15) is 0 Å². The monoisotopic (exact) mass is 434 g/mol. The van der Waals surface area contributed by atoms with Gasteiger partial charge in [-0.25, -0.2) is 4.98 Å². The first kappa shape index (κ1) is 21.9. The maximum Gasteiger partial charge on any atom is 0.305 e. The SMILES string of the molecule is CCc1ccc(-c2nc(CCOc3cccc4c3CCCN4CCC(=O)O)c(C)o2)cc1. The number of oxazole rings is 1. The Hall–Kier alpha value is -3.28. The zero-order valence-electron chi connectivity index (χ0n) is 18.8. The van der Waals surface area contributed by atoms with Crippen LogP contribution < -0.4 is 9.64 Å². The van der Waals surface area contributed by atoms with Crippen molar-refractivity contribution in [3.63, 3.8) is 0 Å². The summed E-state index contributed by atoms with van der Waals surface area (Å²) in [5, 5.41) is 9.03. The van der Waals surface area contributed by atoms with Gasteiger partial charge in [-0.05, 0) is 56.0 Å². The number of fused-ring (bicyclic) bond motifs is 1. The Morgan fingerprint density at radius 2 is 2.03 bits per heavy atom. The summed E-state index contributed by atoms with van der Waals surface area (Å²) in [6.45, 7) is 5.99. The highest BCUT2D eigenvalue weighted by atomic mass is 16.5. The highest BCUT2D eigenvalue weighted by Crippen LogP contribution is 2.34. The van der Waals surface area contributed by atoms with E-state index < -0.39 is 5.97 Å². The summed E-state index contributed by atoms with van der Waals surface area (Å²) >= 11 is 0. The van der Waals surface area contributed by atoms with E-state index in [2.05, 4.69) is 42.2 Å². The van der Waals surface area contributed by atoms with E-state index >= 15 is 0 Å². The summed E-state index contributed by atoms with van der Waals surface area (Å²) in [7, 11) is 0. The average Bonchev–Trinajstić information content (AvgIpc) is 3.18. The van der Waals surface area contributed by atoms with Gasteiger partial charge in [0.1, 0.15) is 11.5 Å². The second-order valence-electron chi connectivity index (χ2n) is 8.16. The summed E-state index contributed by atoms with van der Waals surface area (Å²) in [5.41, 5.74) is 5.44. The highest BCUT2D eigenvalue weighted by molar-refractivity contribution is 5.68. The number of hydrogen-bond donors (Lipinski definition) is 1. The van der Waals surface area contributed by atoms with Crippen molar-refractivity contribution in [2.45, 2.75) is 46.0 Å². The van der Waals surface area contributed by atoms with Crippen LogP contribution in [0.5, 0.6) is 5.75 Å². The van der Waals surface area contributed by atoms with Crippen molar-refractivity contribution < 1.29 is 19.1 Å². The fourth-order valence-corrected chi connectivity index (χ4v) is 4.19. The Kier molecular flexibility index (Phi) is 6.78. The molecule has 0 amide bonds. The molecule has 1 aliphatic rings. The molecule has 0 spiro atoms. The fraction of sp³-hybridized carbons (Fsp3) is 0.385. The van der Waals surface area contributed by atoms with E-state index in [1.165, 1.54) is 5.56 Å². The second kappa shape index (κ2) is 9.90. The number of aliphatic carboxylic acids is 1. The Morgan fingerprint density at radius 1 is 1.22 bits per heavy atom. The smallest absolute Gasteiger partial charge is 0.305 e. The average molecular weight is 435 g/mol. The van der Waals surface area contributed by atoms with Gasteiger partial charge in [0, 0.05) is 36.3 Å². The Morgan fingerprint density at radius 3 is 2.78 bits per heavy atom. The van der Waals surface area contributed by atoms with Crippen LogP contribution in [0.25, 0.3) is 11.5 Å². The molecule has 6 heteroatoms. The number of rotatable bonds is 9. The third kappa shape index (κ3) is 4.96. The summed E-state index contributed by atoms with van der Waals surface area (Å²) in [6, 6.07) is 14.4. The first-order valence-electron chi connectivity index (χ1n) is 11.3. The summed E-state index contributed by atoms with van der Waals surface area (Å²) < 4.78 is 12.1. The van der Waals surface area contributed by atoms with Crippen molar-refractivity contribution in [1.82, 2.24) is 4.98 Å². The number of hydrogen-bond acceptors (Lipinski definition) is 5. The molecule has 1 aromatic heterocycles. The maximum atomic E-state index is 11.0. The normalized spacial score (nSPS) is 13.1. The van der Waals surface area contributed by atoms with Crippen LogP contribution in [-0.2, 0) is 24.1 Å². The van der Waals surface area contributed by atoms with Gasteiger partial charge in [-0.3, -0.25) is 4.79 Å². The van der Waals surface area contributed by atoms with Crippen molar-refractivity contribution in [2.24, 2.45) is 0 Å². The molecule has 4 rings (SSSR count). The van der Waals surface area contributed by atoms with Crippen LogP contribution in [-0.4, -0.2) is 35.8 Å². The molecule has 1 aliphatic heterocycles. The third-order valence-corrected chi connectivity index (χ3v) is 6.00. The van der Waals surface area contributed by atoms with Crippen LogP contribution in [0.1, 0.15) is 42.3 Å². The van der Waals surface area contributed by atoms with Gasteiger partial charge >= 0.3 is 5.97 Å². The van der Waals surface area contributed by atoms with E-state index in [0.717, 1.165) is 59.8 Å². The lowest BCUT2D eigenvalue weighted by Crippen LogP contribution is -2.31. The van der Waals surface area contributed by atoms with Crippen molar-refractivity contribution in [3.8, 4) is 17.2 Å². The molecule has 6 nitrogen and oxygen atoms in total. The minimum absolute atomic E-state index is 0.138. The number of benzene rings is 2. The molecule has 2 aromatic carbocycles. The predicted molar refractivity (Wildman–Crippen MR) is 124 cm³/mol. The van der Waals surface area contributed by atoms with E-state index in [1.807, 2.05) is 19.1 Å². The van der Waals surface area contributed by atoms with E-state index in [4.69, 9.17) is 19.2 Å². The zero-order valence-corrected chi connectivity index (χ0v) is 18.8. The number of carboxylic acid groups (broad SMARTS) is 1. The van der Waals surface area contributed by atoms with Crippen molar-refractivity contribution in [2.75, 3.05) is 24.6 Å². The van der Waals surface area contributed by atoms with E-state index in [0.29, 0.717) is 25.5 Å². The molecule has 0 bridgehead atoms. The Balaban J connectivity index is 1.41. The third-order valence-electron chi connectivity index (χ3n) is 6.00. The molecule has 0 saturated carbocycles. The number of carbonyl (C=O) groups is 1. The van der Waals surface area contributed by atoms with Crippen molar-refractivity contribution in [3.05, 3.63) is 65.0 Å². The lowest BCUT2D eigenvalue weighted by Gasteiger charge is -2.32.